The van der Waals surface area contributed by atoms with Crippen LogP contribution in [0.1, 0.15) is 44.6 Å². The number of benzene rings is 2. The van der Waals surface area contributed by atoms with Crippen molar-refractivity contribution in [2.75, 3.05) is 6.61 Å². The number of hydrogen-bond donors (Lipinski definition) is 1. The minimum atomic E-state index is -0.639. The zero-order chi connectivity index (χ0) is 22.2. The summed E-state index contributed by atoms with van der Waals surface area (Å²) in [5, 5.41) is 4.03. The smallest absolute Gasteiger partial charge is 0.261 e. The fraction of sp³-hybridized carbons (Fsp3) is 0.417. The van der Waals surface area contributed by atoms with Gasteiger partial charge in [0.15, 0.2) is 6.61 Å². The molecule has 1 atom stereocenters. The summed E-state index contributed by atoms with van der Waals surface area (Å²) in [5.74, 6) is 0.147. The van der Waals surface area contributed by atoms with Gasteiger partial charge in [-0.15, -0.1) is 0 Å². The number of amides is 2. The van der Waals surface area contributed by atoms with Gasteiger partial charge in [0, 0.05) is 28.2 Å². The Bertz CT molecular complexity index is 865. The molecule has 3 rings (SSSR count). The minimum absolute atomic E-state index is 0.131. The molecule has 1 saturated carbocycles. The molecule has 2 aromatic carbocycles. The number of carbonyl (C=O) groups excluding carboxylic acids is 2. The molecule has 1 N–H and O–H groups in total. The van der Waals surface area contributed by atoms with Crippen molar-refractivity contribution < 1.29 is 14.3 Å². The average Bonchev–Trinajstić information content (AvgIpc) is 3.27. The van der Waals surface area contributed by atoms with E-state index >= 15 is 0 Å². The molecular weight excluding hydrogens is 435 g/mol. The second kappa shape index (κ2) is 11.4. The van der Waals surface area contributed by atoms with E-state index in [1.807, 2.05) is 25.1 Å². The van der Waals surface area contributed by atoms with E-state index in [2.05, 4.69) is 5.32 Å². The molecule has 166 valence electrons. The van der Waals surface area contributed by atoms with Gasteiger partial charge in [-0.05, 0) is 43.5 Å². The quantitative estimate of drug-likeness (QED) is 0.554. The zero-order valence-electron chi connectivity index (χ0n) is 17.7. The second-order valence-electron chi connectivity index (χ2n) is 7.74. The third-order valence-electron chi connectivity index (χ3n) is 5.58. The maximum absolute atomic E-state index is 13.2. The molecule has 0 saturated heterocycles. The zero-order valence-corrected chi connectivity index (χ0v) is 19.2. The Balaban J connectivity index is 1.80. The lowest BCUT2D eigenvalue weighted by Gasteiger charge is -2.32. The van der Waals surface area contributed by atoms with E-state index in [0.717, 1.165) is 25.7 Å². The van der Waals surface area contributed by atoms with Crippen molar-refractivity contribution in [2.24, 2.45) is 0 Å². The summed E-state index contributed by atoms with van der Waals surface area (Å²) in [6, 6.07) is 13.9. The third-order valence-corrected chi connectivity index (χ3v) is 6.29. The first kappa shape index (κ1) is 23.4. The molecule has 0 aliphatic heterocycles. The molecule has 2 amide bonds. The maximum Gasteiger partial charge on any atom is 0.261 e. The predicted molar refractivity (Wildman–Crippen MR) is 123 cm³/mol. The number of hydrogen-bond acceptors (Lipinski definition) is 3. The van der Waals surface area contributed by atoms with Crippen molar-refractivity contribution in [3.05, 3.63) is 64.1 Å². The van der Waals surface area contributed by atoms with Gasteiger partial charge in [0.25, 0.3) is 5.91 Å². The van der Waals surface area contributed by atoms with E-state index in [-0.39, 0.29) is 31.0 Å². The molecule has 0 spiro atoms. The molecule has 31 heavy (non-hydrogen) atoms. The highest BCUT2D eigenvalue weighted by atomic mass is 35.5. The Hall–Kier alpha value is -2.24. The normalized spacial score (nSPS) is 14.8. The van der Waals surface area contributed by atoms with Crippen molar-refractivity contribution in [3.8, 4) is 5.75 Å². The van der Waals surface area contributed by atoms with Crippen LogP contribution in [0.5, 0.6) is 5.75 Å². The number of carbonyl (C=O) groups is 2. The number of nitrogens with one attached hydrogen (secondary N) is 1. The fourth-order valence-electron chi connectivity index (χ4n) is 3.89. The Kier molecular flexibility index (Phi) is 8.61. The topological polar surface area (TPSA) is 58.6 Å². The van der Waals surface area contributed by atoms with Crippen LogP contribution in [0.3, 0.4) is 0 Å². The molecular formula is C24H28Cl2N2O3. The number of halogens is 2. The molecule has 0 aromatic heterocycles. The first-order chi connectivity index (χ1) is 15.0. The number of ether oxygens (including phenoxy) is 1. The lowest BCUT2D eigenvalue weighted by atomic mass is 10.1. The summed E-state index contributed by atoms with van der Waals surface area (Å²) < 4.78 is 5.67. The van der Waals surface area contributed by atoms with E-state index < -0.39 is 6.04 Å². The first-order valence-corrected chi connectivity index (χ1v) is 11.5. The largest absolute Gasteiger partial charge is 0.484 e. The Labute approximate surface area is 193 Å². The Morgan fingerprint density at radius 2 is 1.71 bits per heavy atom. The molecule has 1 aliphatic rings. The van der Waals surface area contributed by atoms with E-state index in [1.165, 1.54) is 4.90 Å². The predicted octanol–water partition coefficient (Wildman–Crippen LogP) is 5.24. The van der Waals surface area contributed by atoms with E-state index in [0.29, 0.717) is 27.8 Å². The van der Waals surface area contributed by atoms with Gasteiger partial charge in [-0.25, -0.2) is 0 Å². The van der Waals surface area contributed by atoms with Crippen LogP contribution >= 0.6 is 23.2 Å². The van der Waals surface area contributed by atoms with Crippen LogP contribution in [0.15, 0.2) is 48.5 Å². The van der Waals surface area contributed by atoms with Crippen LogP contribution in [-0.4, -0.2) is 35.4 Å². The van der Waals surface area contributed by atoms with Crippen LogP contribution in [0, 0.1) is 0 Å². The summed E-state index contributed by atoms with van der Waals surface area (Å²) in [6.45, 7) is 1.84. The molecule has 1 aliphatic carbocycles. The van der Waals surface area contributed by atoms with Crippen molar-refractivity contribution >= 4 is 35.0 Å². The molecule has 0 unspecified atom stereocenters. The maximum atomic E-state index is 13.2. The van der Waals surface area contributed by atoms with Crippen molar-refractivity contribution in [1.82, 2.24) is 10.2 Å². The van der Waals surface area contributed by atoms with Crippen LogP contribution in [0.2, 0.25) is 10.0 Å². The summed E-state index contributed by atoms with van der Waals surface area (Å²) in [7, 11) is 0. The van der Waals surface area contributed by atoms with Crippen molar-refractivity contribution in [3.63, 3.8) is 0 Å². The van der Waals surface area contributed by atoms with Crippen LogP contribution in [-0.2, 0) is 16.1 Å². The van der Waals surface area contributed by atoms with Crippen LogP contribution < -0.4 is 10.1 Å². The monoisotopic (exact) mass is 462 g/mol. The molecule has 0 radical (unpaired) electrons. The van der Waals surface area contributed by atoms with Crippen LogP contribution in [0.4, 0.5) is 0 Å². The Morgan fingerprint density at radius 3 is 2.32 bits per heavy atom. The van der Waals surface area contributed by atoms with Gasteiger partial charge >= 0.3 is 0 Å². The lowest BCUT2D eigenvalue weighted by Crippen LogP contribution is -2.52. The van der Waals surface area contributed by atoms with Gasteiger partial charge in [0.05, 0.1) is 0 Å². The number of para-hydroxylation sites is 1. The molecule has 1 fully saturated rings. The first-order valence-electron chi connectivity index (χ1n) is 10.7. The fourth-order valence-corrected chi connectivity index (χ4v) is 4.40. The summed E-state index contributed by atoms with van der Waals surface area (Å²) in [6.07, 6.45) is 4.65. The highest BCUT2D eigenvalue weighted by Crippen LogP contribution is 2.27. The summed E-state index contributed by atoms with van der Waals surface area (Å²) >= 11 is 12.7. The molecule has 2 aromatic rings. The highest BCUT2D eigenvalue weighted by molar-refractivity contribution is 6.36. The van der Waals surface area contributed by atoms with Crippen molar-refractivity contribution in [2.45, 2.75) is 57.7 Å². The van der Waals surface area contributed by atoms with Crippen molar-refractivity contribution in [1.29, 1.82) is 0 Å². The molecule has 7 heteroatoms. The van der Waals surface area contributed by atoms with Gasteiger partial charge in [-0.1, -0.05) is 67.2 Å². The number of nitrogens with zero attached hydrogens (tertiary/aromatic N) is 1. The minimum Gasteiger partial charge on any atom is -0.484 e. The lowest BCUT2D eigenvalue weighted by molar-refractivity contribution is -0.143. The van der Waals surface area contributed by atoms with Crippen LogP contribution in [0.25, 0.3) is 0 Å². The van der Waals surface area contributed by atoms with Gasteiger partial charge in [-0.2, -0.15) is 0 Å². The summed E-state index contributed by atoms with van der Waals surface area (Å²) in [4.78, 5) is 27.8. The summed E-state index contributed by atoms with van der Waals surface area (Å²) in [5.41, 5.74) is 0.617. The second-order valence-corrected chi connectivity index (χ2v) is 8.55. The standard InChI is InChI=1S/C24H28Cl2N2O3/c1-2-22(24(30)27-17-9-6-7-10-17)28(15-19-20(25)13-8-14-21(19)26)23(29)16-31-18-11-4-3-5-12-18/h3-5,8,11-14,17,22H,2,6-7,9-10,15-16H2,1H3,(H,27,30)/t22-/m0/s1. The van der Waals surface area contributed by atoms with Gasteiger partial charge in [-0.3, -0.25) is 9.59 Å². The van der Waals surface area contributed by atoms with Gasteiger partial charge in [0.2, 0.25) is 5.91 Å². The molecule has 5 nitrogen and oxygen atoms in total. The number of rotatable bonds is 9. The SMILES string of the molecule is CC[C@@H](C(=O)NC1CCCC1)N(Cc1c(Cl)cccc1Cl)C(=O)COc1ccccc1. The average molecular weight is 463 g/mol. The van der Waals surface area contributed by atoms with E-state index in [9.17, 15) is 9.59 Å². The van der Waals surface area contributed by atoms with E-state index in [1.54, 1.807) is 30.3 Å². The molecule has 0 heterocycles. The van der Waals surface area contributed by atoms with E-state index in [4.69, 9.17) is 27.9 Å². The van der Waals surface area contributed by atoms with Gasteiger partial charge < -0.3 is 15.0 Å². The Morgan fingerprint density at radius 1 is 1.06 bits per heavy atom. The third kappa shape index (κ3) is 6.37. The highest BCUT2D eigenvalue weighted by Gasteiger charge is 2.31. The van der Waals surface area contributed by atoms with Gasteiger partial charge in [0.1, 0.15) is 11.8 Å². The molecule has 0 bridgehead atoms.